The number of nitrogens with one attached hydrogen (secondary N) is 2. The third-order valence-electron chi connectivity index (χ3n) is 6.25. The standard InChI is InChI=1S/C28H27N5O2S/c1-19-16-22(11-12-23(19)30-25(34)18-35-2)33-27(26(31-28(33)36)24-10-6-7-14-29-24)20-13-15-32(17-20)21-8-4-3-5-9-21/h3-17,26-27H,18H2,1-2H3,(H,30,34)(H,31,36)/t26-,27+/m0/s1. The summed E-state index contributed by atoms with van der Waals surface area (Å²) in [6, 6.07) is 23.9. The van der Waals surface area contributed by atoms with Crippen LogP contribution in [0.15, 0.2) is 91.4 Å². The SMILES string of the molecule is COCC(=O)Nc1ccc(N2C(=S)N[C@@H](c3ccccn3)[C@H]2c2ccn(-c3ccccc3)c2)cc1C. The average Bonchev–Trinajstić information content (AvgIpc) is 3.51. The molecule has 0 bridgehead atoms. The number of hydrogen-bond donors (Lipinski definition) is 2. The van der Waals surface area contributed by atoms with E-state index in [1.54, 1.807) is 6.20 Å². The van der Waals surface area contributed by atoms with Crippen LogP contribution in [0, 0.1) is 6.92 Å². The highest BCUT2D eigenvalue weighted by atomic mass is 32.1. The number of methoxy groups -OCH3 is 1. The normalized spacial score (nSPS) is 17.2. The fraction of sp³-hybridized carbons (Fsp3) is 0.179. The van der Waals surface area contributed by atoms with Crippen molar-refractivity contribution in [1.82, 2.24) is 14.9 Å². The number of para-hydroxylation sites is 1. The third-order valence-corrected chi connectivity index (χ3v) is 6.56. The summed E-state index contributed by atoms with van der Waals surface area (Å²) >= 11 is 5.85. The van der Waals surface area contributed by atoms with Gasteiger partial charge in [-0.25, -0.2) is 0 Å². The predicted molar refractivity (Wildman–Crippen MR) is 145 cm³/mol. The lowest BCUT2D eigenvalue weighted by molar-refractivity contribution is -0.119. The Kier molecular flexibility index (Phi) is 6.79. The molecule has 3 heterocycles. The van der Waals surface area contributed by atoms with E-state index in [-0.39, 0.29) is 24.6 Å². The number of rotatable bonds is 7. The average molecular weight is 498 g/mol. The second-order valence-corrected chi connectivity index (χ2v) is 9.05. The molecule has 0 unspecified atom stereocenters. The molecule has 0 radical (unpaired) electrons. The van der Waals surface area contributed by atoms with Crippen molar-refractivity contribution in [2.24, 2.45) is 0 Å². The fourth-order valence-electron chi connectivity index (χ4n) is 4.58. The van der Waals surface area contributed by atoms with Gasteiger partial charge in [-0.1, -0.05) is 24.3 Å². The summed E-state index contributed by atoms with van der Waals surface area (Å²) in [5, 5.41) is 7.02. The fourth-order valence-corrected chi connectivity index (χ4v) is 4.92. The molecule has 1 amide bonds. The second-order valence-electron chi connectivity index (χ2n) is 8.66. The Labute approximate surface area is 215 Å². The van der Waals surface area contributed by atoms with E-state index in [4.69, 9.17) is 17.0 Å². The van der Waals surface area contributed by atoms with Gasteiger partial charge in [-0.3, -0.25) is 9.78 Å². The molecule has 2 N–H and O–H groups in total. The first-order chi connectivity index (χ1) is 17.5. The smallest absolute Gasteiger partial charge is 0.250 e. The van der Waals surface area contributed by atoms with Crippen LogP contribution < -0.4 is 15.5 Å². The van der Waals surface area contributed by atoms with Gasteiger partial charge in [-0.2, -0.15) is 0 Å². The highest BCUT2D eigenvalue weighted by Gasteiger charge is 2.41. The molecule has 1 saturated heterocycles. The number of thiocarbonyl (C=S) groups is 1. The topological polar surface area (TPSA) is 71.4 Å². The van der Waals surface area contributed by atoms with Gasteiger partial charge in [0.1, 0.15) is 6.61 Å². The number of nitrogens with zero attached hydrogens (tertiary/aromatic N) is 3. The van der Waals surface area contributed by atoms with Gasteiger partial charge >= 0.3 is 0 Å². The Hall–Kier alpha value is -4.01. The Balaban J connectivity index is 1.53. The molecule has 8 heteroatoms. The minimum atomic E-state index is -0.193. The van der Waals surface area contributed by atoms with Gasteiger partial charge in [0.2, 0.25) is 5.91 Å². The largest absolute Gasteiger partial charge is 0.375 e. The lowest BCUT2D eigenvalue weighted by Crippen LogP contribution is -2.29. The van der Waals surface area contributed by atoms with Crippen LogP contribution in [0.25, 0.3) is 5.69 Å². The van der Waals surface area contributed by atoms with Crippen molar-refractivity contribution < 1.29 is 9.53 Å². The van der Waals surface area contributed by atoms with Crippen LogP contribution in [-0.4, -0.2) is 34.3 Å². The van der Waals surface area contributed by atoms with E-state index >= 15 is 0 Å². The molecule has 0 saturated carbocycles. The summed E-state index contributed by atoms with van der Waals surface area (Å²) in [6.07, 6.45) is 6.01. The quantitative estimate of drug-likeness (QED) is 0.353. The van der Waals surface area contributed by atoms with E-state index in [0.29, 0.717) is 5.11 Å². The number of hydrogen-bond acceptors (Lipinski definition) is 4. The summed E-state index contributed by atoms with van der Waals surface area (Å²) in [5.74, 6) is -0.193. The van der Waals surface area contributed by atoms with Gasteiger partial charge in [0.25, 0.3) is 0 Å². The highest BCUT2D eigenvalue weighted by molar-refractivity contribution is 7.80. The van der Waals surface area contributed by atoms with E-state index in [2.05, 4.69) is 55.7 Å². The van der Waals surface area contributed by atoms with E-state index in [1.165, 1.54) is 7.11 Å². The van der Waals surface area contributed by atoms with Crippen LogP contribution in [0.4, 0.5) is 11.4 Å². The first-order valence-electron chi connectivity index (χ1n) is 11.7. The summed E-state index contributed by atoms with van der Waals surface area (Å²) < 4.78 is 7.05. The van der Waals surface area contributed by atoms with Gasteiger partial charge in [0, 0.05) is 42.8 Å². The number of carbonyl (C=O) groups is 1. The minimum absolute atomic E-state index is 0.00750. The molecule has 1 aliphatic rings. The van der Waals surface area contributed by atoms with E-state index in [9.17, 15) is 4.79 Å². The van der Waals surface area contributed by atoms with Crippen molar-refractivity contribution >= 4 is 34.6 Å². The number of pyridine rings is 1. The zero-order valence-electron chi connectivity index (χ0n) is 20.1. The number of aryl methyl sites for hydroxylation is 1. The Morgan fingerprint density at radius 2 is 1.89 bits per heavy atom. The van der Waals surface area contributed by atoms with Gasteiger partial charge in [0.15, 0.2) is 5.11 Å². The van der Waals surface area contributed by atoms with Crippen molar-refractivity contribution in [2.45, 2.75) is 19.0 Å². The Morgan fingerprint density at radius 3 is 2.61 bits per heavy atom. The van der Waals surface area contributed by atoms with Crippen molar-refractivity contribution in [1.29, 1.82) is 0 Å². The summed E-state index contributed by atoms with van der Waals surface area (Å²) in [6.45, 7) is 1.98. The summed E-state index contributed by atoms with van der Waals surface area (Å²) in [7, 11) is 1.50. The lowest BCUT2D eigenvalue weighted by Gasteiger charge is -2.28. The first-order valence-corrected chi connectivity index (χ1v) is 12.1. The molecule has 5 rings (SSSR count). The molecule has 0 aliphatic carbocycles. The maximum atomic E-state index is 12.0. The van der Waals surface area contributed by atoms with Crippen LogP contribution in [0.3, 0.4) is 0 Å². The van der Waals surface area contributed by atoms with Gasteiger partial charge in [-0.05, 0) is 78.8 Å². The maximum absolute atomic E-state index is 12.0. The number of amides is 1. The number of ether oxygens (including phenoxy) is 1. The molecule has 7 nitrogen and oxygen atoms in total. The zero-order valence-corrected chi connectivity index (χ0v) is 20.9. The zero-order chi connectivity index (χ0) is 25.1. The lowest BCUT2D eigenvalue weighted by atomic mass is 9.98. The van der Waals surface area contributed by atoms with Gasteiger partial charge in [-0.15, -0.1) is 0 Å². The van der Waals surface area contributed by atoms with Crippen LogP contribution >= 0.6 is 12.2 Å². The number of carbonyl (C=O) groups excluding carboxylic acids is 1. The molecule has 2 atom stereocenters. The van der Waals surface area contributed by atoms with Crippen LogP contribution in [0.5, 0.6) is 0 Å². The predicted octanol–water partition coefficient (Wildman–Crippen LogP) is 4.94. The van der Waals surface area contributed by atoms with Crippen LogP contribution in [-0.2, 0) is 9.53 Å². The molecular formula is C28H27N5O2S. The van der Waals surface area contributed by atoms with Crippen LogP contribution in [0.2, 0.25) is 0 Å². The first kappa shape index (κ1) is 23.7. The second kappa shape index (κ2) is 10.3. The molecule has 1 aliphatic heterocycles. The summed E-state index contributed by atoms with van der Waals surface area (Å²) in [4.78, 5) is 18.8. The van der Waals surface area contributed by atoms with E-state index in [0.717, 1.165) is 33.9 Å². The Morgan fingerprint density at radius 1 is 1.08 bits per heavy atom. The van der Waals surface area contributed by atoms with Crippen LogP contribution in [0.1, 0.15) is 28.9 Å². The molecule has 1 fully saturated rings. The van der Waals surface area contributed by atoms with Crippen molar-refractivity contribution in [3.05, 3.63) is 108 Å². The van der Waals surface area contributed by atoms with E-state index in [1.807, 2.05) is 61.5 Å². The van der Waals surface area contributed by atoms with Crippen molar-refractivity contribution in [3.8, 4) is 5.69 Å². The van der Waals surface area contributed by atoms with Gasteiger partial charge in [0.05, 0.1) is 17.8 Å². The highest BCUT2D eigenvalue weighted by Crippen LogP contribution is 2.42. The monoisotopic (exact) mass is 497 g/mol. The number of anilines is 2. The third kappa shape index (κ3) is 4.73. The van der Waals surface area contributed by atoms with E-state index < -0.39 is 0 Å². The van der Waals surface area contributed by atoms with Crippen molar-refractivity contribution in [3.63, 3.8) is 0 Å². The Bertz CT molecular complexity index is 1370. The molecule has 0 spiro atoms. The minimum Gasteiger partial charge on any atom is -0.375 e. The van der Waals surface area contributed by atoms with Gasteiger partial charge < -0.3 is 24.8 Å². The van der Waals surface area contributed by atoms with Crippen molar-refractivity contribution in [2.75, 3.05) is 23.9 Å². The molecule has 4 aromatic rings. The molecule has 2 aromatic heterocycles. The maximum Gasteiger partial charge on any atom is 0.250 e. The molecule has 2 aromatic carbocycles. The molecule has 182 valence electrons. The molecular weight excluding hydrogens is 470 g/mol. The number of benzene rings is 2. The summed E-state index contributed by atoms with van der Waals surface area (Å²) in [5.41, 5.74) is 5.72. The number of aromatic nitrogens is 2. The molecule has 36 heavy (non-hydrogen) atoms.